The molecule has 2 saturated heterocycles. The van der Waals surface area contributed by atoms with Gasteiger partial charge in [-0.25, -0.2) is 0 Å². The van der Waals surface area contributed by atoms with Gasteiger partial charge in [-0.2, -0.15) is 0 Å². The number of carbonyl (C=O) groups is 1. The van der Waals surface area contributed by atoms with Crippen molar-refractivity contribution >= 4 is 19.0 Å². The van der Waals surface area contributed by atoms with Gasteiger partial charge in [0.2, 0.25) is 0 Å². The highest BCUT2D eigenvalue weighted by atomic mass is 28.3. The maximum Gasteiger partial charge on any atom is 0.166 e. The van der Waals surface area contributed by atoms with Crippen molar-refractivity contribution in [3.63, 3.8) is 0 Å². The van der Waals surface area contributed by atoms with E-state index in [0.717, 1.165) is 18.4 Å². The van der Waals surface area contributed by atoms with Gasteiger partial charge in [0.1, 0.15) is 0 Å². The highest BCUT2D eigenvalue weighted by molar-refractivity contribution is 6.88. The van der Waals surface area contributed by atoms with Crippen LogP contribution in [0.3, 0.4) is 0 Å². The van der Waals surface area contributed by atoms with E-state index in [1.54, 1.807) is 0 Å². The Morgan fingerprint density at radius 1 is 1.14 bits per heavy atom. The smallest absolute Gasteiger partial charge is 0.166 e. The molecule has 0 amide bonds. The summed E-state index contributed by atoms with van der Waals surface area (Å²) in [4.78, 5) is 15.5. The topological polar surface area (TPSA) is 20.3 Å². The maximum absolute atomic E-state index is 13.0. The summed E-state index contributed by atoms with van der Waals surface area (Å²) in [5, 5.41) is 1.39. The molecule has 0 N–H and O–H groups in total. The molecule has 2 aliphatic heterocycles. The number of ketones is 1. The van der Waals surface area contributed by atoms with Gasteiger partial charge in [-0.05, 0) is 32.7 Å². The Balaban J connectivity index is 1.80. The minimum Gasteiger partial charge on any atom is -0.300 e. The Kier molecular flexibility index (Phi) is 4.30. The normalized spacial score (nSPS) is 29.4. The first-order valence-electron chi connectivity index (χ1n) is 8.73. The van der Waals surface area contributed by atoms with E-state index in [9.17, 15) is 4.79 Å². The zero-order valence-electron chi connectivity index (χ0n) is 14.4. The number of carbonyl (C=O) groups excluding carboxylic acids is 1. The molecule has 3 rings (SSSR count). The van der Waals surface area contributed by atoms with E-state index in [1.807, 2.05) is 6.07 Å². The molecule has 1 aromatic carbocycles. The monoisotopic (exact) mass is 315 g/mol. The first-order chi connectivity index (χ1) is 10.4. The third-order valence-electron chi connectivity index (χ3n) is 5.72. The van der Waals surface area contributed by atoms with Crippen LogP contribution in [0.2, 0.25) is 19.6 Å². The zero-order valence-corrected chi connectivity index (χ0v) is 15.4. The first kappa shape index (κ1) is 15.9. The van der Waals surface area contributed by atoms with Crippen LogP contribution in [0.15, 0.2) is 24.3 Å². The van der Waals surface area contributed by atoms with Crippen LogP contribution in [-0.2, 0) is 0 Å². The van der Waals surface area contributed by atoms with Crippen LogP contribution in [-0.4, -0.2) is 37.9 Å². The quantitative estimate of drug-likeness (QED) is 0.626. The van der Waals surface area contributed by atoms with Gasteiger partial charge in [-0.15, -0.1) is 0 Å². The lowest BCUT2D eigenvalue weighted by Gasteiger charge is -2.46. The van der Waals surface area contributed by atoms with Crippen molar-refractivity contribution in [1.29, 1.82) is 0 Å². The van der Waals surface area contributed by atoms with Crippen molar-refractivity contribution in [3.8, 4) is 0 Å². The minimum atomic E-state index is -1.35. The number of nitrogens with zero attached hydrogens (tertiary/aromatic N) is 1. The van der Waals surface area contributed by atoms with Crippen molar-refractivity contribution in [1.82, 2.24) is 4.90 Å². The second kappa shape index (κ2) is 5.93. The maximum atomic E-state index is 13.0. The number of piperidine rings is 2. The standard InChI is InChI=1S/C19H29NOSi/c1-20-16-8-6-9-17(20)12-15(11-16)19(21)14-7-5-10-18(13-14)22(2,3)4/h5,7,10,13,15-17H,6,8-9,11-12H2,1-4H3. The predicted octanol–water partition coefficient (Wildman–Crippen LogP) is 3.68. The van der Waals surface area contributed by atoms with E-state index < -0.39 is 8.07 Å². The van der Waals surface area contributed by atoms with E-state index in [4.69, 9.17) is 0 Å². The van der Waals surface area contributed by atoms with E-state index in [-0.39, 0.29) is 5.92 Å². The van der Waals surface area contributed by atoms with Gasteiger partial charge in [0.15, 0.2) is 5.78 Å². The second-order valence-corrected chi connectivity index (χ2v) is 13.3. The largest absolute Gasteiger partial charge is 0.300 e. The summed E-state index contributed by atoms with van der Waals surface area (Å²) in [5.41, 5.74) is 0.951. The van der Waals surface area contributed by atoms with Crippen LogP contribution in [0, 0.1) is 5.92 Å². The van der Waals surface area contributed by atoms with Crippen LogP contribution < -0.4 is 5.19 Å². The van der Waals surface area contributed by atoms with Crippen molar-refractivity contribution in [2.24, 2.45) is 5.92 Å². The van der Waals surface area contributed by atoms with E-state index in [1.165, 1.54) is 24.4 Å². The average Bonchev–Trinajstić information content (AvgIpc) is 2.45. The molecule has 2 atom stereocenters. The molecule has 0 saturated carbocycles. The van der Waals surface area contributed by atoms with Crippen LogP contribution >= 0.6 is 0 Å². The molecule has 1 aromatic rings. The van der Waals surface area contributed by atoms with Crippen LogP contribution in [0.1, 0.15) is 42.5 Å². The number of rotatable bonds is 3. The Morgan fingerprint density at radius 3 is 2.36 bits per heavy atom. The van der Waals surface area contributed by atoms with Crippen LogP contribution in [0.25, 0.3) is 0 Å². The van der Waals surface area contributed by atoms with Gasteiger partial charge in [0, 0.05) is 23.6 Å². The summed E-state index contributed by atoms with van der Waals surface area (Å²) < 4.78 is 0. The van der Waals surface area contributed by atoms with E-state index in [2.05, 4.69) is 49.8 Å². The lowest BCUT2D eigenvalue weighted by molar-refractivity contribution is 0.0338. The van der Waals surface area contributed by atoms with Gasteiger partial charge >= 0.3 is 0 Å². The summed E-state index contributed by atoms with van der Waals surface area (Å²) in [6.45, 7) is 7.03. The summed E-state index contributed by atoms with van der Waals surface area (Å²) in [5.74, 6) is 0.633. The van der Waals surface area contributed by atoms with Gasteiger partial charge in [0.25, 0.3) is 0 Å². The molecular weight excluding hydrogens is 286 g/mol. The molecule has 0 spiro atoms. The summed E-state index contributed by atoms with van der Waals surface area (Å²) in [7, 11) is 0.897. The summed E-state index contributed by atoms with van der Waals surface area (Å²) >= 11 is 0. The molecule has 2 unspecified atom stereocenters. The second-order valence-electron chi connectivity index (χ2n) is 8.27. The van der Waals surface area contributed by atoms with Crippen LogP contribution in [0.4, 0.5) is 0 Å². The lowest BCUT2D eigenvalue weighted by atomic mass is 9.76. The van der Waals surface area contributed by atoms with Gasteiger partial charge in [0.05, 0.1) is 8.07 Å². The van der Waals surface area contributed by atoms with Gasteiger partial charge in [-0.1, -0.05) is 55.5 Å². The number of hydrogen-bond donors (Lipinski definition) is 0. The SMILES string of the molecule is CN1C2CCCC1CC(C(=O)c1cccc([Si](C)(C)C)c1)C2. The molecule has 120 valence electrons. The molecule has 0 aromatic heterocycles. The van der Waals surface area contributed by atoms with Crippen LogP contribution in [0.5, 0.6) is 0 Å². The summed E-state index contributed by atoms with van der Waals surface area (Å²) in [6.07, 6.45) is 6.00. The molecule has 0 aliphatic carbocycles. The lowest BCUT2D eigenvalue weighted by Crippen LogP contribution is -2.51. The molecule has 2 aliphatic rings. The summed E-state index contributed by atoms with van der Waals surface area (Å²) in [6, 6.07) is 9.74. The number of Topliss-reactive ketones (excluding diaryl/α,β-unsaturated/α-hetero) is 1. The highest BCUT2D eigenvalue weighted by Crippen LogP contribution is 2.37. The van der Waals surface area contributed by atoms with Crippen molar-refractivity contribution in [3.05, 3.63) is 29.8 Å². The van der Waals surface area contributed by atoms with Crippen molar-refractivity contribution < 1.29 is 4.79 Å². The Bertz CT molecular complexity index is 549. The number of fused-ring (bicyclic) bond motifs is 2. The Morgan fingerprint density at radius 2 is 1.77 bits per heavy atom. The number of benzene rings is 1. The molecule has 2 nitrogen and oxygen atoms in total. The molecule has 2 bridgehead atoms. The first-order valence-corrected chi connectivity index (χ1v) is 12.2. The fraction of sp³-hybridized carbons (Fsp3) is 0.632. The fourth-order valence-electron chi connectivity index (χ4n) is 4.20. The van der Waals surface area contributed by atoms with Gasteiger partial charge in [-0.3, -0.25) is 4.79 Å². The third-order valence-corrected chi connectivity index (χ3v) is 7.77. The molecule has 2 fully saturated rings. The highest BCUT2D eigenvalue weighted by Gasteiger charge is 2.38. The third kappa shape index (κ3) is 3.06. The fourth-order valence-corrected chi connectivity index (χ4v) is 5.39. The molecular formula is C19H29NOSi. The Labute approximate surface area is 135 Å². The molecule has 3 heteroatoms. The van der Waals surface area contributed by atoms with Crippen molar-refractivity contribution in [2.75, 3.05) is 7.05 Å². The molecule has 0 radical (unpaired) electrons. The minimum absolute atomic E-state index is 0.239. The average molecular weight is 316 g/mol. The zero-order chi connectivity index (χ0) is 15.9. The molecule has 22 heavy (non-hydrogen) atoms. The number of hydrogen-bond acceptors (Lipinski definition) is 2. The molecule has 2 heterocycles. The predicted molar refractivity (Wildman–Crippen MR) is 95.7 cm³/mol. The van der Waals surface area contributed by atoms with E-state index in [0.29, 0.717) is 17.9 Å². The van der Waals surface area contributed by atoms with E-state index >= 15 is 0 Å². The Hall–Kier alpha value is -0.933. The van der Waals surface area contributed by atoms with Gasteiger partial charge < -0.3 is 4.90 Å². The van der Waals surface area contributed by atoms with Crippen molar-refractivity contribution in [2.45, 2.75) is 63.8 Å².